The highest BCUT2D eigenvalue weighted by Crippen LogP contribution is 2.12. The van der Waals surface area contributed by atoms with Crippen molar-refractivity contribution in [3.05, 3.63) is 36.4 Å². The predicted octanol–water partition coefficient (Wildman–Crippen LogP) is 3.27. The molecule has 0 amide bonds. The summed E-state index contributed by atoms with van der Waals surface area (Å²) in [4.78, 5) is 9.94. The van der Waals surface area contributed by atoms with E-state index in [0.717, 1.165) is 12.0 Å². The van der Waals surface area contributed by atoms with Crippen LogP contribution in [-0.4, -0.2) is 12.5 Å². The summed E-state index contributed by atoms with van der Waals surface area (Å²) < 4.78 is 0. The van der Waals surface area contributed by atoms with E-state index >= 15 is 0 Å². The topological polar surface area (TPSA) is 18.5 Å². The Kier molecular flexibility index (Phi) is 5.12. The molecule has 76 valence electrons. The predicted molar refractivity (Wildman–Crippen MR) is 58.5 cm³/mol. The van der Waals surface area contributed by atoms with Crippen LogP contribution in [0.1, 0.15) is 12.0 Å². The van der Waals surface area contributed by atoms with Crippen molar-refractivity contribution in [3.8, 4) is 5.75 Å². The number of halogens is 1. The Balaban J connectivity index is 2.32. The molecule has 3 heteroatoms. The second kappa shape index (κ2) is 6.46. The summed E-state index contributed by atoms with van der Waals surface area (Å²) in [5.41, 5.74) is 1.05. The van der Waals surface area contributed by atoms with E-state index in [0.29, 0.717) is 18.2 Å². The van der Waals surface area contributed by atoms with Crippen LogP contribution in [0.4, 0.5) is 0 Å². The lowest BCUT2D eigenvalue weighted by atomic mass is 10.2. The van der Waals surface area contributed by atoms with E-state index in [2.05, 4.69) is 6.58 Å². The fourth-order valence-electron chi connectivity index (χ4n) is 0.883. The van der Waals surface area contributed by atoms with Crippen LogP contribution in [0.5, 0.6) is 5.75 Å². The lowest BCUT2D eigenvalue weighted by Crippen LogP contribution is -1.99. The van der Waals surface area contributed by atoms with Gasteiger partial charge in [-0.3, -0.25) is 0 Å². The van der Waals surface area contributed by atoms with Gasteiger partial charge in [0.05, 0.1) is 6.61 Å². The Morgan fingerprint density at radius 1 is 1.29 bits per heavy atom. The summed E-state index contributed by atoms with van der Waals surface area (Å²) in [7, 11) is 0. The van der Waals surface area contributed by atoms with Gasteiger partial charge in [-0.05, 0) is 24.1 Å². The normalized spacial score (nSPS) is 9.79. The molecule has 1 aromatic carbocycles. The smallest absolute Gasteiger partial charge is 0.165 e. The summed E-state index contributed by atoms with van der Waals surface area (Å²) in [5, 5.41) is 0. The van der Waals surface area contributed by atoms with Crippen molar-refractivity contribution < 1.29 is 9.78 Å². The van der Waals surface area contributed by atoms with Crippen LogP contribution >= 0.6 is 11.6 Å². The minimum absolute atomic E-state index is 0.507. The van der Waals surface area contributed by atoms with E-state index in [1.54, 1.807) is 6.08 Å². The highest BCUT2D eigenvalue weighted by atomic mass is 35.5. The van der Waals surface area contributed by atoms with Gasteiger partial charge < -0.3 is 4.89 Å². The van der Waals surface area contributed by atoms with E-state index in [9.17, 15) is 0 Å². The van der Waals surface area contributed by atoms with Crippen molar-refractivity contribution >= 4 is 17.7 Å². The molecular formula is C11H13ClO2. The fourth-order valence-corrected chi connectivity index (χ4v) is 0.992. The Hall–Kier alpha value is -0.990. The molecule has 0 N–H and O–H groups in total. The van der Waals surface area contributed by atoms with Gasteiger partial charge in [0.15, 0.2) is 5.75 Å². The maximum atomic E-state index is 5.48. The van der Waals surface area contributed by atoms with Crippen molar-refractivity contribution in [2.75, 3.05) is 12.5 Å². The maximum absolute atomic E-state index is 5.48. The minimum Gasteiger partial charge on any atom is -0.338 e. The molecule has 0 unspecified atom stereocenters. The van der Waals surface area contributed by atoms with Crippen LogP contribution in [0, 0.1) is 0 Å². The average molecular weight is 213 g/mol. The van der Waals surface area contributed by atoms with Crippen LogP contribution in [0.15, 0.2) is 30.8 Å². The van der Waals surface area contributed by atoms with E-state index < -0.39 is 0 Å². The molecule has 0 heterocycles. The molecule has 0 aliphatic heterocycles. The molecule has 1 aromatic rings. The molecule has 0 radical (unpaired) electrons. The Morgan fingerprint density at radius 3 is 2.57 bits per heavy atom. The largest absolute Gasteiger partial charge is 0.338 e. The average Bonchev–Trinajstić information content (AvgIpc) is 2.25. The lowest BCUT2D eigenvalue weighted by molar-refractivity contribution is -0.206. The Morgan fingerprint density at radius 2 is 2.00 bits per heavy atom. The lowest BCUT2D eigenvalue weighted by Gasteiger charge is -2.03. The summed E-state index contributed by atoms with van der Waals surface area (Å²) in [6.07, 6.45) is 2.56. The first-order chi connectivity index (χ1) is 6.86. The molecule has 0 spiro atoms. The molecule has 0 aromatic heterocycles. The second-order valence-electron chi connectivity index (χ2n) is 2.72. The number of hydrogen-bond donors (Lipinski definition) is 0. The molecule has 0 saturated carbocycles. The zero-order chi connectivity index (χ0) is 10.2. The first-order valence-electron chi connectivity index (χ1n) is 4.45. The van der Waals surface area contributed by atoms with Crippen molar-refractivity contribution in [1.82, 2.24) is 0 Å². The monoisotopic (exact) mass is 212 g/mol. The Bertz CT molecular complexity index is 269. The van der Waals surface area contributed by atoms with Gasteiger partial charge in [-0.1, -0.05) is 24.8 Å². The third kappa shape index (κ3) is 3.81. The van der Waals surface area contributed by atoms with Gasteiger partial charge in [0.1, 0.15) is 0 Å². The fraction of sp³-hybridized carbons (Fsp3) is 0.273. The first kappa shape index (κ1) is 11.1. The summed E-state index contributed by atoms with van der Waals surface area (Å²) in [6, 6.07) is 7.48. The highest BCUT2D eigenvalue weighted by molar-refractivity contribution is 6.17. The van der Waals surface area contributed by atoms with Gasteiger partial charge in [0, 0.05) is 5.88 Å². The summed E-state index contributed by atoms with van der Waals surface area (Å²) >= 11 is 5.48. The summed E-state index contributed by atoms with van der Waals surface area (Å²) in [5.74, 6) is 1.27. The molecule has 0 aliphatic carbocycles. The maximum Gasteiger partial charge on any atom is 0.165 e. The van der Waals surface area contributed by atoms with E-state index in [4.69, 9.17) is 21.4 Å². The van der Waals surface area contributed by atoms with Gasteiger partial charge in [0.25, 0.3) is 0 Å². The van der Waals surface area contributed by atoms with E-state index in [1.165, 1.54) is 0 Å². The molecular weight excluding hydrogens is 200 g/mol. The molecule has 0 fully saturated rings. The van der Waals surface area contributed by atoms with Crippen molar-refractivity contribution in [3.63, 3.8) is 0 Å². The van der Waals surface area contributed by atoms with Crippen LogP contribution in [-0.2, 0) is 4.89 Å². The van der Waals surface area contributed by atoms with Gasteiger partial charge in [-0.25, -0.2) is 0 Å². The zero-order valence-corrected chi connectivity index (χ0v) is 8.67. The third-order valence-corrected chi connectivity index (χ3v) is 1.90. The van der Waals surface area contributed by atoms with Crippen molar-refractivity contribution in [1.29, 1.82) is 0 Å². The zero-order valence-electron chi connectivity index (χ0n) is 7.91. The SMILES string of the molecule is C=Cc1ccc(OOCCCCl)cc1. The highest BCUT2D eigenvalue weighted by Gasteiger charge is 1.94. The quantitative estimate of drug-likeness (QED) is 0.312. The number of rotatable bonds is 6. The molecule has 1 rings (SSSR count). The Labute approximate surface area is 89.0 Å². The van der Waals surface area contributed by atoms with Crippen molar-refractivity contribution in [2.24, 2.45) is 0 Å². The van der Waals surface area contributed by atoms with Gasteiger partial charge in [-0.2, -0.15) is 4.89 Å². The standard InChI is InChI=1S/C11H13ClO2/c1-2-10-4-6-11(7-5-10)14-13-9-3-8-12/h2,4-7H,1,3,8-9H2. The van der Waals surface area contributed by atoms with Crippen LogP contribution in [0.3, 0.4) is 0 Å². The van der Waals surface area contributed by atoms with Gasteiger partial charge in [0.2, 0.25) is 0 Å². The minimum atomic E-state index is 0.507. The third-order valence-electron chi connectivity index (χ3n) is 1.63. The van der Waals surface area contributed by atoms with Crippen LogP contribution in [0.25, 0.3) is 6.08 Å². The molecule has 0 atom stereocenters. The second-order valence-corrected chi connectivity index (χ2v) is 3.10. The molecule has 14 heavy (non-hydrogen) atoms. The number of alkyl halides is 1. The van der Waals surface area contributed by atoms with Gasteiger partial charge in [-0.15, -0.1) is 11.6 Å². The number of benzene rings is 1. The van der Waals surface area contributed by atoms with Crippen LogP contribution < -0.4 is 4.89 Å². The molecule has 2 nitrogen and oxygen atoms in total. The first-order valence-corrected chi connectivity index (χ1v) is 4.98. The van der Waals surface area contributed by atoms with Gasteiger partial charge >= 0.3 is 0 Å². The van der Waals surface area contributed by atoms with E-state index in [1.807, 2.05) is 24.3 Å². The molecule has 0 bridgehead atoms. The van der Waals surface area contributed by atoms with Crippen molar-refractivity contribution in [2.45, 2.75) is 6.42 Å². The van der Waals surface area contributed by atoms with Crippen LogP contribution in [0.2, 0.25) is 0 Å². The number of hydrogen-bond acceptors (Lipinski definition) is 2. The molecule has 0 saturated heterocycles. The van der Waals surface area contributed by atoms with E-state index in [-0.39, 0.29) is 0 Å². The summed E-state index contributed by atoms with van der Waals surface area (Å²) in [6.45, 7) is 4.17. The molecule has 0 aliphatic rings.